The van der Waals surface area contributed by atoms with E-state index in [-0.39, 0.29) is 17.2 Å². The molecule has 0 fully saturated rings. The predicted octanol–water partition coefficient (Wildman–Crippen LogP) is 4.26. The van der Waals surface area contributed by atoms with E-state index in [2.05, 4.69) is 47.6 Å². The summed E-state index contributed by atoms with van der Waals surface area (Å²) in [7, 11) is 0. The molecule has 3 aromatic rings. The molecule has 2 aromatic carbocycles. The Labute approximate surface area is 145 Å². The number of anilines is 1. The van der Waals surface area contributed by atoms with Gasteiger partial charge in [-0.1, -0.05) is 61.5 Å². The molecule has 1 aromatic heterocycles. The molecule has 24 heavy (non-hydrogen) atoms. The Kier molecular flexibility index (Phi) is 3.69. The number of thiazole rings is 1. The van der Waals surface area contributed by atoms with Crippen LogP contribution in [0.5, 0.6) is 0 Å². The van der Waals surface area contributed by atoms with Crippen LogP contribution in [-0.4, -0.2) is 10.9 Å². The zero-order valence-electron chi connectivity index (χ0n) is 13.4. The summed E-state index contributed by atoms with van der Waals surface area (Å²) in [5, 5.41) is 5.52. The van der Waals surface area contributed by atoms with Gasteiger partial charge in [0, 0.05) is 17.0 Å². The number of benzene rings is 2. The zero-order chi connectivity index (χ0) is 16.6. The molecular weight excluding hydrogens is 316 g/mol. The van der Waals surface area contributed by atoms with E-state index in [1.54, 1.807) is 6.20 Å². The largest absolute Gasteiger partial charge is 0.302 e. The highest BCUT2D eigenvalue weighted by atomic mass is 32.1. The number of hydrogen-bond acceptors (Lipinski definition) is 3. The van der Waals surface area contributed by atoms with Crippen LogP contribution in [0, 0.1) is 5.92 Å². The Balaban J connectivity index is 1.78. The Hall–Kier alpha value is -2.46. The average Bonchev–Trinajstić information content (AvgIpc) is 3.23. The highest BCUT2D eigenvalue weighted by Gasteiger charge is 2.47. The molecule has 1 N–H and O–H groups in total. The van der Waals surface area contributed by atoms with Crippen LogP contribution in [0.25, 0.3) is 0 Å². The smallest absolute Gasteiger partial charge is 0.230 e. The van der Waals surface area contributed by atoms with Crippen LogP contribution in [0.1, 0.15) is 23.6 Å². The molecule has 4 heteroatoms. The van der Waals surface area contributed by atoms with Crippen LogP contribution in [0.2, 0.25) is 0 Å². The lowest BCUT2D eigenvalue weighted by Gasteiger charge is -2.32. The highest BCUT2D eigenvalue weighted by molar-refractivity contribution is 7.13. The molecule has 3 nitrogen and oxygen atoms in total. The van der Waals surface area contributed by atoms with Crippen LogP contribution in [0.3, 0.4) is 0 Å². The van der Waals surface area contributed by atoms with Gasteiger partial charge in [-0.25, -0.2) is 4.98 Å². The minimum atomic E-state index is -0.334. The monoisotopic (exact) mass is 334 g/mol. The van der Waals surface area contributed by atoms with Gasteiger partial charge in [0.1, 0.15) is 0 Å². The summed E-state index contributed by atoms with van der Waals surface area (Å²) in [6, 6.07) is 18.7. The first kappa shape index (κ1) is 15.1. The van der Waals surface area contributed by atoms with Crippen LogP contribution in [0.4, 0.5) is 5.13 Å². The third kappa shape index (κ3) is 2.34. The van der Waals surface area contributed by atoms with Gasteiger partial charge in [-0.3, -0.25) is 4.79 Å². The second-order valence-electron chi connectivity index (χ2n) is 6.31. The average molecular weight is 334 g/mol. The second-order valence-corrected chi connectivity index (χ2v) is 7.20. The topological polar surface area (TPSA) is 42.0 Å². The Bertz CT molecular complexity index is 860. The number of nitrogens with zero attached hydrogens (tertiary/aromatic N) is 1. The summed E-state index contributed by atoms with van der Waals surface area (Å²) in [4.78, 5) is 17.2. The maximum absolute atomic E-state index is 13.0. The maximum atomic E-state index is 13.0. The molecule has 1 aliphatic rings. The molecule has 1 amide bonds. The fourth-order valence-electron chi connectivity index (χ4n) is 3.79. The molecule has 2 atom stereocenters. The van der Waals surface area contributed by atoms with Crippen LogP contribution < -0.4 is 5.32 Å². The van der Waals surface area contributed by atoms with Gasteiger partial charge in [0.25, 0.3) is 0 Å². The lowest BCUT2D eigenvalue weighted by atomic mass is 9.71. The van der Waals surface area contributed by atoms with Crippen molar-refractivity contribution in [3.05, 3.63) is 82.9 Å². The standard InChI is InChI=1S/C20H18N2OS/c1-20(15-8-3-2-4-9-15)16-10-6-5-7-14(16)13-17(20)18(23)22-19-21-11-12-24-19/h2-12,17H,13H2,1H3,(H,21,22,23)/t17-,20+/m0/s1. The third-order valence-electron chi connectivity index (χ3n) is 5.05. The lowest BCUT2D eigenvalue weighted by Crippen LogP contribution is -2.38. The molecule has 0 aliphatic heterocycles. The summed E-state index contributed by atoms with van der Waals surface area (Å²) in [6.45, 7) is 2.18. The SMILES string of the molecule is C[C@@]1(c2ccccc2)c2ccccc2C[C@H]1C(=O)Nc1nccs1. The lowest BCUT2D eigenvalue weighted by molar-refractivity contribution is -0.121. The summed E-state index contributed by atoms with van der Waals surface area (Å²) in [6.07, 6.45) is 2.46. The fourth-order valence-corrected chi connectivity index (χ4v) is 4.32. The minimum absolute atomic E-state index is 0.0347. The first-order valence-corrected chi connectivity index (χ1v) is 8.92. The number of hydrogen-bond donors (Lipinski definition) is 1. The summed E-state index contributed by atoms with van der Waals surface area (Å²) in [5.41, 5.74) is 3.34. The van der Waals surface area contributed by atoms with E-state index in [4.69, 9.17) is 0 Å². The van der Waals surface area contributed by atoms with Crippen molar-refractivity contribution in [2.45, 2.75) is 18.8 Å². The van der Waals surface area contributed by atoms with E-state index in [1.165, 1.54) is 28.0 Å². The van der Waals surface area contributed by atoms with Crippen LogP contribution in [-0.2, 0) is 16.6 Å². The van der Waals surface area contributed by atoms with Gasteiger partial charge in [-0.2, -0.15) is 0 Å². The molecule has 0 bridgehead atoms. The van der Waals surface area contributed by atoms with Gasteiger partial charge in [-0.15, -0.1) is 11.3 Å². The van der Waals surface area contributed by atoms with Crippen molar-refractivity contribution in [1.29, 1.82) is 0 Å². The number of rotatable bonds is 3. The first-order chi connectivity index (χ1) is 11.7. The Morgan fingerprint density at radius 3 is 2.67 bits per heavy atom. The van der Waals surface area contributed by atoms with E-state index < -0.39 is 0 Å². The van der Waals surface area contributed by atoms with E-state index in [9.17, 15) is 4.79 Å². The molecule has 0 radical (unpaired) electrons. The molecule has 4 rings (SSSR count). The second kappa shape index (κ2) is 5.87. The molecule has 0 saturated carbocycles. The quantitative estimate of drug-likeness (QED) is 0.777. The molecule has 0 spiro atoms. The Morgan fingerprint density at radius 2 is 1.92 bits per heavy atom. The van der Waals surface area contributed by atoms with E-state index >= 15 is 0 Å². The van der Waals surface area contributed by atoms with Gasteiger partial charge >= 0.3 is 0 Å². The summed E-state index contributed by atoms with van der Waals surface area (Å²) < 4.78 is 0. The van der Waals surface area contributed by atoms with Gasteiger partial charge < -0.3 is 5.32 Å². The zero-order valence-corrected chi connectivity index (χ0v) is 14.2. The summed E-state index contributed by atoms with van der Waals surface area (Å²) >= 11 is 1.45. The van der Waals surface area contributed by atoms with Crippen LogP contribution >= 0.6 is 11.3 Å². The normalized spacial score (nSPS) is 22.1. The van der Waals surface area contributed by atoms with Gasteiger partial charge in [0.05, 0.1) is 5.92 Å². The van der Waals surface area contributed by atoms with Gasteiger partial charge in [0.15, 0.2) is 5.13 Å². The molecule has 1 heterocycles. The predicted molar refractivity (Wildman–Crippen MR) is 97.3 cm³/mol. The summed E-state index contributed by atoms with van der Waals surface area (Å²) in [5.74, 6) is -0.117. The van der Waals surface area contributed by atoms with Crippen molar-refractivity contribution >= 4 is 22.4 Å². The molecule has 0 saturated heterocycles. The van der Waals surface area contributed by atoms with Crippen LogP contribution in [0.15, 0.2) is 66.2 Å². The fraction of sp³-hybridized carbons (Fsp3) is 0.200. The van der Waals surface area contributed by atoms with Crippen molar-refractivity contribution in [1.82, 2.24) is 4.98 Å². The van der Waals surface area contributed by atoms with E-state index in [0.29, 0.717) is 5.13 Å². The number of carbonyl (C=O) groups excluding carboxylic acids is 1. The van der Waals surface area contributed by atoms with Crippen molar-refractivity contribution in [3.8, 4) is 0 Å². The van der Waals surface area contributed by atoms with Crippen molar-refractivity contribution in [2.75, 3.05) is 5.32 Å². The molecule has 120 valence electrons. The van der Waals surface area contributed by atoms with Crippen molar-refractivity contribution in [3.63, 3.8) is 0 Å². The highest BCUT2D eigenvalue weighted by Crippen LogP contribution is 2.48. The first-order valence-electron chi connectivity index (χ1n) is 8.04. The molecular formula is C20H18N2OS. The number of carbonyl (C=O) groups is 1. The van der Waals surface area contributed by atoms with E-state index in [1.807, 2.05) is 29.6 Å². The number of aromatic nitrogens is 1. The minimum Gasteiger partial charge on any atom is -0.302 e. The van der Waals surface area contributed by atoms with E-state index in [0.717, 1.165) is 6.42 Å². The number of nitrogens with one attached hydrogen (secondary N) is 1. The number of fused-ring (bicyclic) bond motifs is 1. The van der Waals surface area contributed by atoms with Crippen molar-refractivity contribution < 1.29 is 4.79 Å². The van der Waals surface area contributed by atoms with Gasteiger partial charge in [-0.05, 0) is 23.1 Å². The van der Waals surface area contributed by atoms with Gasteiger partial charge in [0.2, 0.25) is 5.91 Å². The third-order valence-corrected chi connectivity index (χ3v) is 5.74. The van der Waals surface area contributed by atoms with Crippen molar-refractivity contribution in [2.24, 2.45) is 5.92 Å². The Morgan fingerprint density at radius 1 is 1.17 bits per heavy atom. The maximum Gasteiger partial charge on any atom is 0.230 e. The molecule has 1 aliphatic carbocycles. The molecule has 0 unspecified atom stereocenters. The number of amides is 1.